The lowest BCUT2D eigenvalue weighted by Crippen LogP contribution is -2.39. The van der Waals surface area contributed by atoms with Gasteiger partial charge < -0.3 is 31.3 Å². The summed E-state index contributed by atoms with van der Waals surface area (Å²) in [5.74, 6) is 0.694. The van der Waals surface area contributed by atoms with Gasteiger partial charge >= 0.3 is 0 Å². The summed E-state index contributed by atoms with van der Waals surface area (Å²) >= 11 is 1.56. The summed E-state index contributed by atoms with van der Waals surface area (Å²) < 4.78 is 1.07. The maximum atomic E-state index is 10.5. The van der Waals surface area contributed by atoms with Gasteiger partial charge in [0.1, 0.15) is 16.9 Å². The molecule has 6 N–H and O–H groups in total. The van der Waals surface area contributed by atoms with Crippen molar-refractivity contribution in [2.24, 2.45) is 5.92 Å². The molecule has 1 aliphatic heterocycles. The van der Waals surface area contributed by atoms with Gasteiger partial charge in [-0.2, -0.15) is 4.98 Å². The van der Waals surface area contributed by atoms with E-state index in [1.54, 1.807) is 17.5 Å². The number of aromatic nitrogens is 3. The van der Waals surface area contributed by atoms with Gasteiger partial charge in [0.15, 0.2) is 0 Å². The highest BCUT2D eigenvalue weighted by Crippen LogP contribution is 2.36. The number of rotatable bonds is 6. The second-order valence-corrected chi connectivity index (χ2v) is 9.57. The topological polar surface area (TPSA) is 135 Å². The molecule has 5 atom stereocenters. The molecule has 1 saturated heterocycles. The minimum absolute atomic E-state index is 0.174. The van der Waals surface area contributed by atoms with Crippen LogP contribution >= 0.6 is 11.3 Å². The number of hydrogen-bond donors (Lipinski definition) is 6. The predicted molar refractivity (Wildman–Crippen MR) is 125 cm³/mol. The lowest BCUT2D eigenvalue weighted by Gasteiger charge is -2.24. The van der Waals surface area contributed by atoms with Crippen molar-refractivity contribution in [3.8, 4) is 10.6 Å². The molecule has 0 bridgehead atoms. The first-order valence-electron chi connectivity index (χ1n) is 11.1. The Morgan fingerprint density at radius 3 is 2.75 bits per heavy atom. The molecule has 10 heteroatoms. The van der Waals surface area contributed by atoms with Crippen LogP contribution in [0.4, 0.5) is 11.8 Å². The molecule has 32 heavy (non-hydrogen) atoms. The van der Waals surface area contributed by atoms with Gasteiger partial charge in [0.25, 0.3) is 0 Å². The molecular weight excluding hydrogens is 428 g/mol. The SMILES string of the molecule is OC[C@H]1C[C@@H](Nc2nc(N[C@H]3CCCNC3)ncc2-c2nc3ccccc3s2)[C@H](O)[C@@H]1O. The number of nitrogens with zero attached hydrogens (tertiary/aromatic N) is 3. The molecular formula is C22H28N6O3S. The Kier molecular flexibility index (Phi) is 6.20. The second-order valence-electron chi connectivity index (χ2n) is 8.54. The number of hydrogen-bond acceptors (Lipinski definition) is 10. The fourth-order valence-corrected chi connectivity index (χ4v) is 5.46. The van der Waals surface area contributed by atoms with E-state index in [4.69, 9.17) is 9.97 Å². The number of para-hydroxylation sites is 1. The van der Waals surface area contributed by atoms with Crippen LogP contribution in [0.15, 0.2) is 30.5 Å². The van der Waals surface area contributed by atoms with Gasteiger partial charge in [-0.15, -0.1) is 11.3 Å². The van der Waals surface area contributed by atoms with Crippen LogP contribution in [0.1, 0.15) is 19.3 Å². The summed E-state index contributed by atoms with van der Waals surface area (Å²) in [6, 6.07) is 7.75. The lowest BCUT2D eigenvalue weighted by molar-refractivity contribution is 0.00446. The van der Waals surface area contributed by atoms with Crippen LogP contribution < -0.4 is 16.0 Å². The van der Waals surface area contributed by atoms with Crippen molar-refractivity contribution in [1.82, 2.24) is 20.3 Å². The fraction of sp³-hybridized carbons (Fsp3) is 0.500. The average Bonchev–Trinajstić information content (AvgIpc) is 3.36. The first-order chi connectivity index (χ1) is 15.6. The van der Waals surface area contributed by atoms with Gasteiger partial charge in [-0.3, -0.25) is 0 Å². The van der Waals surface area contributed by atoms with Crippen molar-refractivity contribution in [1.29, 1.82) is 0 Å². The Bertz CT molecular complexity index is 1040. The number of aliphatic hydroxyl groups is 3. The van der Waals surface area contributed by atoms with Crippen LogP contribution in [0.3, 0.4) is 0 Å². The Hall–Kier alpha value is -2.37. The molecule has 0 unspecified atom stereocenters. The average molecular weight is 457 g/mol. The molecule has 2 fully saturated rings. The number of fused-ring (bicyclic) bond motifs is 1. The quantitative estimate of drug-likeness (QED) is 0.326. The van der Waals surface area contributed by atoms with Crippen molar-refractivity contribution < 1.29 is 15.3 Å². The number of benzene rings is 1. The number of nitrogens with one attached hydrogen (secondary N) is 3. The minimum atomic E-state index is -0.996. The van der Waals surface area contributed by atoms with Crippen LogP contribution in [0.25, 0.3) is 20.8 Å². The summed E-state index contributed by atoms with van der Waals surface area (Å²) in [5, 5.41) is 41.2. The number of thiazole rings is 1. The molecule has 2 aliphatic rings. The molecule has 3 aromatic rings. The lowest BCUT2D eigenvalue weighted by atomic mass is 10.1. The van der Waals surface area contributed by atoms with Gasteiger partial charge in [0.2, 0.25) is 5.95 Å². The highest BCUT2D eigenvalue weighted by molar-refractivity contribution is 7.21. The maximum Gasteiger partial charge on any atom is 0.224 e. The molecule has 0 radical (unpaired) electrons. The molecule has 0 spiro atoms. The third kappa shape index (κ3) is 4.28. The Morgan fingerprint density at radius 2 is 2.00 bits per heavy atom. The smallest absolute Gasteiger partial charge is 0.224 e. The molecule has 1 aromatic carbocycles. The molecule has 1 aliphatic carbocycles. The molecule has 2 aromatic heterocycles. The van der Waals surface area contributed by atoms with Gasteiger partial charge in [0.05, 0.1) is 27.9 Å². The summed E-state index contributed by atoms with van der Waals surface area (Å²) in [7, 11) is 0. The van der Waals surface area contributed by atoms with Gasteiger partial charge in [0, 0.05) is 31.3 Å². The summed E-state index contributed by atoms with van der Waals surface area (Å²) in [4.78, 5) is 14.0. The van der Waals surface area contributed by atoms with E-state index in [2.05, 4.69) is 20.9 Å². The zero-order chi connectivity index (χ0) is 22.1. The van der Waals surface area contributed by atoms with Crippen LogP contribution in [-0.4, -0.2) is 74.3 Å². The van der Waals surface area contributed by atoms with Gasteiger partial charge in [-0.05, 0) is 37.9 Å². The number of piperidine rings is 1. The summed E-state index contributed by atoms with van der Waals surface area (Å²) in [5.41, 5.74) is 1.65. The molecule has 0 amide bonds. The third-order valence-electron chi connectivity index (χ3n) is 6.30. The van der Waals surface area contributed by atoms with Crippen LogP contribution in [-0.2, 0) is 0 Å². The monoisotopic (exact) mass is 456 g/mol. The molecule has 9 nitrogen and oxygen atoms in total. The molecule has 3 heterocycles. The van der Waals surface area contributed by atoms with Gasteiger partial charge in [-0.1, -0.05) is 12.1 Å². The second kappa shape index (κ2) is 9.24. The third-order valence-corrected chi connectivity index (χ3v) is 7.37. The largest absolute Gasteiger partial charge is 0.396 e. The van der Waals surface area contributed by atoms with Crippen LogP contribution in [0, 0.1) is 5.92 Å². The van der Waals surface area contributed by atoms with Crippen LogP contribution in [0.2, 0.25) is 0 Å². The summed E-state index contributed by atoms with van der Waals surface area (Å²) in [6.45, 7) is 1.71. The maximum absolute atomic E-state index is 10.5. The minimum Gasteiger partial charge on any atom is -0.396 e. The molecule has 1 saturated carbocycles. The molecule has 5 rings (SSSR count). The normalized spacial score (nSPS) is 28.2. The van der Waals surface area contributed by atoms with E-state index in [-0.39, 0.29) is 18.6 Å². The van der Waals surface area contributed by atoms with Crippen molar-refractivity contribution >= 4 is 33.3 Å². The number of anilines is 2. The first-order valence-corrected chi connectivity index (χ1v) is 11.9. The van der Waals surface area contributed by atoms with E-state index in [9.17, 15) is 15.3 Å². The van der Waals surface area contributed by atoms with E-state index in [0.717, 1.165) is 46.7 Å². The van der Waals surface area contributed by atoms with Crippen molar-refractivity contribution in [3.05, 3.63) is 30.5 Å². The van der Waals surface area contributed by atoms with E-state index < -0.39 is 18.2 Å². The predicted octanol–water partition coefficient (Wildman–Crippen LogP) is 1.43. The Morgan fingerprint density at radius 1 is 1.12 bits per heavy atom. The van der Waals surface area contributed by atoms with Crippen LogP contribution in [0.5, 0.6) is 0 Å². The highest BCUT2D eigenvalue weighted by Gasteiger charge is 2.41. The molecule has 170 valence electrons. The van der Waals surface area contributed by atoms with Gasteiger partial charge in [-0.25, -0.2) is 9.97 Å². The Balaban J connectivity index is 1.47. The zero-order valence-electron chi connectivity index (χ0n) is 17.6. The zero-order valence-corrected chi connectivity index (χ0v) is 18.4. The van der Waals surface area contributed by atoms with Crippen molar-refractivity contribution in [2.45, 2.75) is 43.6 Å². The van der Waals surface area contributed by atoms with E-state index >= 15 is 0 Å². The van der Waals surface area contributed by atoms with E-state index in [1.165, 1.54) is 0 Å². The summed E-state index contributed by atoms with van der Waals surface area (Å²) in [6.07, 6.45) is 2.37. The fourth-order valence-electron chi connectivity index (χ4n) is 4.49. The van der Waals surface area contributed by atoms with E-state index in [0.29, 0.717) is 18.2 Å². The Labute approximate surface area is 190 Å². The van der Waals surface area contributed by atoms with Crippen molar-refractivity contribution in [3.63, 3.8) is 0 Å². The van der Waals surface area contributed by atoms with Crippen molar-refractivity contribution in [2.75, 3.05) is 30.3 Å². The first kappa shape index (κ1) is 21.5. The highest BCUT2D eigenvalue weighted by atomic mass is 32.1. The number of aliphatic hydroxyl groups excluding tert-OH is 3. The standard InChI is InChI=1S/C22H28N6O3S/c29-11-12-8-16(19(31)18(12)30)26-20-14(21-27-15-5-1-2-6-17(15)32-21)10-24-22(28-20)25-13-4-3-7-23-9-13/h1-2,5-6,10,12-13,16,18-19,23,29-31H,3-4,7-9,11H2,(H2,24,25,26,28)/t12-,13+,16-,18-,19+/m1/s1. The van der Waals surface area contributed by atoms with E-state index in [1.807, 2.05) is 24.3 Å².